The predicted molar refractivity (Wildman–Crippen MR) is 61.4 cm³/mol. The molecule has 0 fully saturated rings. The first kappa shape index (κ1) is 14.2. The van der Waals surface area contributed by atoms with Crippen LogP contribution in [0.2, 0.25) is 0 Å². The quantitative estimate of drug-likeness (QED) is 0.833. The highest BCUT2D eigenvalue weighted by Crippen LogP contribution is 2.31. The van der Waals surface area contributed by atoms with Crippen molar-refractivity contribution in [3.8, 4) is 11.8 Å². The number of alkyl halides is 3. The van der Waals surface area contributed by atoms with Crippen molar-refractivity contribution in [1.29, 1.82) is 5.26 Å². The number of anilines is 1. The molecule has 98 valence electrons. The molecule has 0 aliphatic rings. The summed E-state index contributed by atoms with van der Waals surface area (Å²) in [5.41, 5.74) is 0.518. The summed E-state index contributed by atoms with van der Waals surface area (Å²) >= 11 is 0. The van der Waals surface area contributed by atoms with Gasteiger partial charge in [0.2, 0.25) is 0 Å². The lowest BCUT2D eigenvalue weighted by molar-refractivity contribution is -0.156. The third-order valence-electron chi connectivity index (χ3n) is 2.50. The number of benzene rings is 1. The number of hydrogen-bond acceptors (Lipinski definition) is 3. The molecule has 1 aromatic carbocycles. The summed E-state index contributed by atoms with van der Waals surface area (Å²) in [6.07, 6.45) is -4.52. The Balaban J connectivity index is 2.88. The van der Waals surface area contributed by atoms with E-state index in [4.69, 9.17) is 10.00 Å². The predicted octanol–water partition coefficient (Wildman–Crippen LogP) is 2.83. The zero-order valence-corrected chi connectivity index (χ0v) is 10.0. The molecular weight excluding hydrogens is 245 g/mol. The van der Waals surface area contributed by atoms with Gasteiger partial charge in [0.1, 0.15) is 5.75 Å². The second-order valence-corrected chi connectivity index (χ2v) is 3.78. The Morgan fingerprint density at radius 2 is 2.00 bits per heavy atom. The molecule has 0 aromatic heterocycles. The molecule has 18 heavy (non-hydrogen) atoms. The van der Waals surface area contributed by atoms with Crippen LogP contribution in [0.4, 0.5) is 18.9 Å². The summed E-state index contributed by atoms with van der Waals surface area (Å²) in [6, 6.07) is 7.99. The molecule has 0 bridgehead atoms. The average Bonchev–Trinajstić information content (AvgIpc) is 2.34. The number of halogens is 3. The average molecular weight is 258 g/mol. The van der Waals surface area contributed by atoms with E-state index in [1.54, 1.807) is 24.3 Å². The zero-order valence-electron chi connectivity index (χ0n) is 10.0. The molecule has 0 spiro atoms. The van der Waals surface area contributed by atoms with E-state index in [1.165, 1.54) is 25.1 Å². The molecule has 1 aromatic rings. The Kier molecular flexibility index (Phi) is 4.43. The lowest BCUT2D eigenvalue weighted by Crippen LogP contribution is -2.34. The van der Waals surface area contributed by atoms with Gasteiger partial charge in [-0.15, -0.1) is 0 Å². The molecule has 0 aliphatic heterocycles. The lowest BCUT2D eigenvalue weighted by Gasteiger charge is -2.24. The fourth-order valence-electron chi connectivity index (χ4n) is 1.53. The largest absolute Gasteiger partial charge is 0.495 e. The van der Waals surface area contributed by atoms with Crippen LogP contribution in [0.25, 0.3) is 0 Å². The third kappa shape index (κ3) is 3.29. The highest BCUT2D eigenvalue weighted by molar-refractivity contribution is 5.57. The summed E-state index contributed by atoms with van der Waals surface area (Å²) < 4.78 is 42.6. The van der Waals surface area contributed by atoms with Gasteiger partial charge in [0.25, 0.3) is 0 Å². The van der Waals surface area contributed by atoms with Crippen LogP contribution in [0.15, 0.2) is 24.3 Å². The monoisotopic (exact) mass is 258 g/mol. The number of rotatable bonds is 4. The Labute approximate surface area is 103 Å². The third-order valence-corrected chi connectivity index (χ3v) is 2.50. The van der Waals surface area contributed by atoms with E-state index in [0.29, 0.717) is 11.4 Å². The van der Waals surface area contributed by atoms with Crippen molar-refractivity contribution < 1.29 is 17.9 Å². The van der Waals surface area contributed by atoms with Crippen LogP contribution in [0.5, 0.6) is 5.75 Å². The Bertz CT molecular complexity index is 440. The van der Waals surface area contributed by atoms with Crippen molar-refractivity contribution in [3.05, 3.63) is 24.3 Å². The van der Waals surface area contributed by atoms with E-state index in [1.807, 2.05) is 0 Å². The summed E-state index contributed by atoms with van der Waals surface area (Å²) in [5, 5.41) is 8.56. The SMILES string of the molecule is COc1ccccc1N(C)CC(C#N)C(F)(F)F. The Morgan fingerprint density at radius 1 is 1.39 bits per heavy atom. The number of methoxy groups -OCH3 is 1. The molecule has 0 amide bonds. The van der Waals surface area contributed by atoms with E-state index in [9.17, 15) is 13.2 Å². The van der Waals surface area contributed by atoms with Crippen molar-refractivity contribution in [2.24, 2.45) is 5.92 Å². The van der Waals surface area contributed by atoms with E-state index < -0.39 is 18.6 Å². The van der Waals surface area contributed by atoms with Gasteiger partial charge < -0.3 is 9.64 Å². The molecule has 0 N–H and O–H groups in total. The van der Waals surface area contributed by atoms with Crippen LogP contribution in [0, 0.1) is 17.2 Å². The van der Waals surface area contributed by atoms with Crippen LogP contribution in [0.1, 0.15) is 0 Å². The fraction of sp³-hybridized carbons (Fsp3) is 0.417. The summed E-state index contributed by atoms with van der Waals surface area (Å²) in [5.74, 6) is -1.55. The van der Waals surface area contributed by atoms with Crippen LogP contribution >= 0.6 is 0 Å². The molecule has 1 rings (SSSR count). The van der Waals surface area contributed by atoms with Gasteiger partial charge in [-0.2, -0.15) is 18.4 Å². The molecular formula is C12H13F3N2O. The van der Waals surface area contributed by atoms with Gasteiger partial charge >= 0.3 is 6.18 Å². The van der Waals surface area contributed by atoms with Crippen LogP contribution in [0.3, 0.4) is 0 Å². The van der Waals surface area contributed by atoms with E-state index in [-0.39, 0.29) is 0 Å². The number of hydrogen-bond donors (Lipinski definition) is 0. The molecule has 1 atom stereocenters. The molecule has 0 heterocycles. The second kappa shape index (κ2) is 5.63. The van der Waals surface area contributed by atoms with Gasteiger partial charge in [-0.25, -0.2) is 0 Å². The smallest absolute Gasteiger partial charge is 0.406 e. The fourth-order valence-corrected chi connectivity index (χ4v) is 1.53. The first-order valence-electron chi connectivity index (χ1n) is 5.20. The Morgan fingerprint density at radius 3 is 2.50 bits per heavy atom. The number of ether oxygens (including phenoxy) is 1. The van der Waals surface area contributed by atoms with Crippen LogP contribution in [-0.2, 0) is 0 Å². The molecule has 3 nitrogen and oxygen atoms in total. The molecule has 0 saturated heterocycles. The number of nitrogens with zero attached hydrogens (tertiary/aromatic N) is 2. The highest BCUT2D eigenvalue weighted by atomic mass is 19.4. The molecule has 0 radical (unpaired) electrons. The zero-order chi connectivity index (χ0) is 13.8. The summed E-state index contributed by atoms with van der Waals surface area (Å²) in [4.78, 5) is 1.36. The van der Waals surface area contributed by atoms with Gasteiger partial charge in [-0.3, -0.25) is 0 Å². The van der Waals surface area contributed by atoms with E-state index in [0.717, 1.165) is 0 Å². The number of nitriles is 1. The van der Waals surface area contributed by atoms with Gasteiger partial charge in [-0.05, 0) is 12.1 Å². The maximum atomic E-state index is 12.5. The van der Waals surface area contributed by atoms with E-state index >= 15 is 0 Å². The van der Waals surface area contributed by atoms with Crippen LogP contribution < -0.4 is 9.64 Å². The normalized spacial score (nSPS) is 12.7. The van der Waals surface area contributed by atoms with Crippen molar-refractivity contribution in [2.45, 2.75) is 6.18 Å². The Hall–Kier alpha value is -1.90. The van der Waals surface area contributed by atoms with Crippen molar-refractivity contribution in [2.75, 3.05) is 25.6 Å². The minimum absolute atomic E-state index is 0.430. The standard InChI is InChI=1S/C12H13F3N2O/c1-17(8-9(7-16)12(13,14)15)10-5-3-4-6-11(10)18-2/h3-6,9H,8H2,1-2H3. The molecule has 0 aliphatic carbocycles. The van der Waals surface area contributed by atoms with Crippen molar-refractivity contribution in [1.82, 2.24) is 0 Å². The second-order valence-electron chi connectivity index (χ2n) is 3.78. The first-order valence-corrected chi connectivity index (χ1v) is 5.20. The van der Waals surface area contributed by atoms with Gasteiger partial charge in [-0.1, -0.05) is 12.1 Å². The van der Waals surface area contributed by atoms with Gasteiger partial charge in [0, 0.05) is 13.6 Å². The first-order chi connectivity index (χ1) is 8.40. The van der Waals surface area contributed by atoms with Crippen LogP contribution in [-0.4, -0.2) is 26.9 Å². The molecule has 1 unspecified atom stereocenters. The van der Waals surface area contributed by atoms with Crippen molar-refractivity contribution >= 4 is 5.69 Å². The minimum Gasteiger partial charge on any atom is -0.495 e. The maximum Gasteiger partial charge on any atom is 0.406 e. The molecule has 6 heteroatoms. The maximum absolute atomic E-state index is 12.5. The summed E-state index contributed by atoms with van der Waals surface area (Å²) in [7, 11) is 2.94. The van der Waals surface area contributed by atoms with Gasteiger partial charge in [0.05, 0.1) is 18.9 Å². The topological polar surface area (TPSA) is 36.3 Å². The number of para-hydroxylation sites is 2. The van der Waals surface area contributed by atoms with Crippen molar-refractivity contribution in [3.63, 3.8) is 0 Å². The minimum atomic E-state index is -4.52. The van der Waals surface area contributed by atoms with Gasteiger partial charge in [0.15, 0.2) is 5.92 Å². The summed E-state index contributed by atoms with van der Waals surface area (Å²) in [6.45, 7) is -0.430. The van der Waals surface area contributed by atoms with E-state index in [2.05, 4.69) is 0 Å². The highest BCUT2D eigenvalue weighted by Gasteiger charge is 2.40. The lowest BCUT2D eigenvalue weighted by atomic mass is 10.1. The molecule has 0 saturated carbocycles.